The summed E-state index contributed by atoms with van der Waals surface area (Å²) in [5, 5.41) is 0.426. The van der Waals surface area contributed by atoms with E-state index < -0.39 is 0 Å². The van der Waals surface area contributed by atoms with E-state index in [1.54, 1.807) is 30.0 Å². The quantitative estimate of drug-likeness (QED) is 0.761. The van der Waals surface area contributed by atoms with Crippen LogP contribution in [0.5, 0.6) is 0 Å². The maximum absolute atomic E-state index is 12.5. The molecule has 4 nitrogen and oxygen atoms in total. The zero-order valence-corrected chi connectivity index (χ0v) is 14.1. The summed E-state index contributed by atoms with van der Waals surface area (Å²) in [6, 6.07) is 5.30. The number of esters is 1. The average molecular weight is 375 g/mol. The number of carbonyl (C=O) groups is 2. The van der Waals surface area contributed by atoms with Crippen LogP contribution in [0.15, 0.2) is 22.7 Å². The van der Waals surface area contributed by atoms with Crippen molar-refractivity contribution in [2.45, 2.75) is 19.8 Å². The SMILES string of the molecule is CCOC(=O)C1CCN(C(=O)c2cccc(Br)c2Cl)CC1. The Kier molecular flexibility index (Phi) is 5.65. The van der Waals surface area contributed by atoms with Crippen LogP contribution >= 0.6 is 27.5 Å². The molecule has 0 aliphatic carbocycles. The number of benzene rings is 1. The number of hydrogen-bond acceptors (Lipinski definition) is 3. The molecule has 114 valence electrons. The Hall–Kier alpha value is -1.07. The number of amides is 1. The minimum atomic E-state index is -0.162. The lowest BCUT2D eigenvalue weighted by molar-refractivity contribution is -0.149. The molecule has 1 aromatic rings. The summed E-state index contributed by atoms with van der Waals surface area (Å²) in [5.74, 6) is -0.360. The van der Waals surface area contributed by atoms with Crippen molar-refractivity contribution in [3.63, 3.8) is 0 Å². The van der Waals surface area contributed by atoms with Gasteiger partial charge in [-0.2, -0.15) is 0 Å². The summed E-state index contributed by atoms with van der Waals surface area (Å²) in [7, 11) is 0. The van der Waals surface area contributed by atoms with E-state index in [1.807, 2.05) is 0 Å². The monoisotopic (exact) mass is 373 g/mol. The summed E-state index contributed by atoms with van der Waals surface area (Å²) < 4.78 is 5.73. The molecule has 0 radical (unpaired) electrons. The highest BCUT2D eigenvalue weighted by Crippen LogP contribution is 2.28. The van der Waals surface area contributed by atoms with Gasteiger partial charge < -0.3 is 9.64 Å². The smallest absolute Gasteiger partial charge is 0.309 e. The number of piperidine rings is 1. The lowest BCUT2D eigenvalue weighted by Gasteiger charge is -2.31. The molecule has 0 atom stereocenters. The second-order valence-electron chi connectivity index (χ2n) is 4.92. The maximum atomic E-state index is 12.5. The molecule has 0 bridgehead atoms. The molecule has 0 N–H and O–H groups in total. The van der Waals surface area contributed by atoms with Gasteiger partial charge in [0, 0.05) is 17.6 Å². The fraction of sp³-hybridized carbons (Fsp3) is 0.467. The number of ether oxygens (including phenoxy) is 1. The minimum absolute atomic E-state index is 0.0939. The first kappa shape index (κ1) is 16.3. The first-order valence-corrected chi connectivity index (χ1v) is 8.11. The minimum Gasteiger partial charge on any atom is -0.466 e. The molecule has 0 saturated carbocycles. The standard InChI is InChI=1S/C15H17BrClNO3/c1-2-21-15(20)10-6-8-18(9-7-10)14(19)11-4-3-5-12(16)13(11)17/h3-5,10H,2,6-9H2,1H3. The van der Waals surface area contributed by atoms with E-state index in [1.165, 1.54) is 0 Å². The Morgan fingerprint density at radius 1 is 1.38 bits per heavy atom. The number of rotatable bonds is 3. The molecule has 1 amide bonds. The topological polar surface area (TPSA) is 46.6 Å². The Morgan fingerprint density at radius 2 is 2.05 bits per heavy atom. The van der Waals surface area contributed by atoms with E-state index >= 15 is 0 Å². The fourth-order valence-electron chi connectivity index (χ4n) is 2.42. The van der Waals surface area contributed by atoms with E-state index in [2.05, 4.69) is 15.9 Å². The van der Waals surface area contributed by atoms with Crippen molar-refractivity contribution in [3.05, 3.63) is 33.3 Å². The van der Waals surface area contributed by atoms with Crippen molar-refractivity contribution in [2.24, 2.45) is 5.92 Å². The molecule has 1 aliphatic rings. The van der Waals surface area contributed by atoms with Gasteiger partial charge in [0.25, 0.3) is 5.91 Å². The lowest BCUT2D eigenvalue weighted by atomic mass is 9.96. The first-order chi connectivity index (χ1) is 10.0. The molecule has 0 aromatic heterocycles. The first-order valence-electron chi connectivity index (χ1n) is 6.94. The summed E-state index contributed by atoms with van der Waals surface area (Å²) in [4.78, 5) is 25.9. The van der Waals surface area contributed by atoms with Gasteiger partial charge in [0.2, 0.25) is 0 Å². The number of likely N-dealkylation sites (tertiary alicyclic amines) is 1. The van der Waals surface area contributed by atoms with Crippen LogP contribution in [0, 0.1) is 5.92 Å². The number of halogens is 2. The molecule has 0 unspecified atom stereocenters. The maximum Gasteiger partial charge on any atom is 0.309 e. The van der Waals surface area contributed by atoms with Gasteiger partial charge in [-0.05, 0) is 47.8 Å². The fourth-order valence-corrected chi connectivity index (χ4v) is 2.99. The largest absolute Gasteiger partial charge is 0.466 e. The van der Waals surface area contributed by atoms with Crippen LogP contribution in [0.1, 0.15) is 30.1 Å². The van der Waals surface area contributed by atoms with E-state index in [0.29, 0.717) is 47.6 Å². The molecule has 1 aromatic carbocycles. The Morgan fingerprint density at radius 3 is 2.67 bits per heavy atom. The summed E-state index contributed by atoms with van der Waals surface area (Å²) in [5.41, 5.74) is 0.487. The third kappa shape index (κ3) is 3.77. The molecular formula is C15H17BrClNO3. The highest BCUT2D eigenvalue weighted by Gasteiger charge is 2.29. The predicted molar refractivity (Wildman–Crippen MR) is 84.4 cm³/mol. The van der Waals surface area contributed by atoms with Crippen molar-refractivity contribution in [2.75, 3.05) is 19.7 Å². The highest BCUT2D eigenvalue weighted by molar-refractivity contribution is 9.10. The van der Waals surface area contributed by atoms with E-state index in [-0.39, 0.29) is 17.8 Å². The third-order valence-electron chi connectivity index (χ3n) is 3.58. The Balaban J connectivity index is 2.00. The summed E-state index contributed by atoms with van der Waals surface area (Å²) >= 11 is 9.48. The van der Waals surface area contributed by atoms with Gasteiger partial charge in [0.15, 0.2) is 0 Å². The molecule has 1 fully saturated rings. The molecule has 1 heterocycles. The van der Waals surface area contributed by atoms with Crippen molar-refractivity contribution in [1.29, 1.82) is 0 Å². The number of nitrogens with zero attached hydrogens (tertiary/aromatic N) is 1. The second-order valence-corrected chi connectivity index (χ2v) is 6.15. The zero-order chi connectivity index (χ0) is 15.4. The predicted octanol–water partition coefficient (Wildman–Crippen LogP) is 3.52. The van der Waals surface area contributed by atoms with Crippen LogP contribution < -0.4 is 0 Å². The van der Waals surface area contributed by atoms with Crippen molar-refractivity contribution < 1.29 is 14.3 Å². The van der Waals surface area contributed by atoms with Gasteiger partial charge in [-0.15, -0.1) is 0 Å². The molecule has 1 saturated heterocycles. The van der Waals surface area contributed by atoms with E-state index in [9.17, 15) is 9.59 Å². The van der Waals surface area contributed by atoms with Gasteiger partial charge in [-0.25, -0.2) is 0 Å². The lowest BCUT2D eigenvalue weighted by Crippen LogP contribution is -2.40. The van der Waals surface area contributed by atoms with Gasteiger partial charge in [0.1, 0.15) is 0 Å². The third-order valence-corrected chi connectivity index (χ3v) is 4.88. The Labute approximate surface area is 137 Å². The van der Waals surface area contributed by atoms with Gasteiger partial charge in [-0.1, -0.05) is 17.7 Å². The molecule has 0 spiro atoms. The summed E-state index contributed by atoms with van der Waals surface area (Å²) in [6.45, 7) is 3.29. The van der Waals surface area contributed by atoms with E-state index in [0.717, 1.165) is 0 Å². The van der Waals surface area contributed by atoms with Crippen LogP contribution in [0.2, 0.25) is 5.02 Å². The second kappa shape index (κ2) is 7.27. The van der Waals surface area contributed by atoms with Crippen molar-refractivity contribution >= 4 is 39.4 Å². The normalized spacial score (nSPS) is 15.9. The average Bonchev–Trinajstić information content (AvgIpc) is 2.50. The molecule has 6 heteroatoms. The van der Waals surface area contributed by atoms with Gasteiger partial charge in [-0.3, -0.25) is 9.59 Å². The molecule has 1 aliphatic heterocycles. The van der Waals surface area contributed by atoms with Crippen molar-refractivity contribution in [1.82, 2.24) is 4.90 Å². The van der Waals surface area contributed by atoms with Crippen LogP contribution in [-0.4, -0.2) is 36.5 Å². The summed E-state index contributed by atoms with van der Waals surface area (Å²) in [6.07, 6.45) is 1.27. The molecule has 21 heavy (non-hydrogen) atoms. The van der Waals surface area contributed by atoms with Crippen LogP contribution in [0.3, 0.4) is 0 Å². The molecular weight excluding hydrogens is 358 g/mol. The Bertz CT molecular complexity index is 542. The van der Waals surface area contributed by atoms with Crippen LogP contribution in [-0.2, 0) is 9.53 Å². The van der Waals surface area contributed by atoms with Gasteiger partial charge >= 0.3 is 5.97 Å². The zero-order valence-electron chi connectivity index (χ0n) is 11.8. The highest BCUT2D eigenvalue weighted by atomic mass is 79.9. The number of hydrogen-bond donors (Lipinski definition) is 0. The van der Waals surface area contributed by atoms with Crippen LogP contribution in [0.4, 0.5) is 0 Å². The molecule has 2 rings (SSSR count). The van der Waals surface area contributed by atoms with Crippen molar-refractivity contribution in [3.8, 4) is 0 Å². The van der Waals surface area contributed by atoms with E-state index in [4.69, 9.17) is 16.3 Å². The number of carbonyl (C=O) groups excluding carboxylic acids is 2. The van der Waals surface area contributed by atoms with Crippen LogP contribution in [0.25, 0.3) is 0 Å². The van der Waals surface area contributed by atoms with Gasteiger partial charge in [0.05, 0.1) is 23.1 Å².